The first kappa shape index (κ1) is 18.0. The van der Waals surface area contributed by atoms with Crippen LogP contribution in [0.4, 0.5) is 39.5 Å². The summed E-state index contributed by atoms with van der Waals surface area (Å²) in [6, 6.07) is -5.64. The number of nitrogens with zero attached hydrogens (tertiary/aromatic N) is 1. The van der Waals surface area contributed by atoms with Crippen LogP contribution in [-0.2, 0) is 4.74 Å². The fraction of sp³-hybridized carbons (Fsp3) is 0.750. The zero-order valence-corrected chi connectivity index (χ0v) is 9.46. The van der Waals surface area contributed by atoms with Gasteiger partial charge in [-0.1, -0.05) is 0 Å². The second kappa shape index (κ2) is 5.57. The van der Waals surface area contributed by atoms with Crippen LogP contribution in [0.15, 0.2) is 11.7 Å². The van der Waals surface area contributed by atoms with E-state index in [0.717, 1.165) is 6.92 Å². The van der Waals surface area contributed by atoms with Crippen molar-refractivity contribution in [2.45, 2.75) is 25.4 Å². The molecule has 0 bridgehead atoms. The highest BCUT2D eigenvalue weighted by molar-refractivity contribution is 5.13. The number of ether oxygens (including phenoxy) is 1. The van der Waals surface area contributed by atoms with Gasteiger partial charge in [-0.15, -0.1) is 4.90 Å². The molecule has 0 rings (SSSR count). The zero-order valence-electron chi connectivity index (χ0n) is 9.46. The van der Waals surface area contributed by atoms with Gasteiger partial charge in [0.05, 0.1) is 6.61 Å². The molecule has 0 unspecified atom stereocenters. The molecular weight excluding hydrogens is 297 g/mol. The number of likely N-dealkylation sites (N-methyl/N-ethyl adjacent to an activating group) is 1. The van der Waals surface area contributed by atoms with E-state index in [1.54, 1.807) is 0 Å². The summed E-state index contributed by atoms with van der Waals surface area (Å²) >= 11 is 0. The predicted octanol–water partition coefficient (Wildman–Crippen LogP) is 3.81. The smallest absolute Gasteiger partial charge is 0.315 e. The molecule has 0 atom stereocenters. The lowest BCUT2D eigenvalue weighted by molar-refractivity contribution is -0.316. The first-order valence-corrected chi connectivity index (χ1v) is 4.55. The van der Waals surface area contributed by atoms with Gasteiger partial charge in [-0.25, -0.2) is 4.39 Å². The van der Waals surface area contributed by atoms with Crippen LogP contribution in [0.3, 0.4) is 0 Å². The van der Waals surface area contributed by atoms with E-state index in [1.165, 1.54) is 0 Å². The SMILES string of the molecule is CCOC(F)(F)/C(F)=C(\F)C(F)(F)N(C)C(F)(F)F. The zero-order chi connectivity index (χ0) is 15.6. The number of alkyl halides is 7. The van der Waals surface area contributed by atoms with Crippen LogP contribution in [0.5, 0.6) is 0 Å². The summed E-state index contributed by atoms with van der Waals surface area (Å²) in [6.07, 6.45) is -10.9. The Labute approximate surface area is 101 Å². The lowest BCUT2D eigenvalue weighted by Crippen LogP contribution is -2.49. The molecule has 19 heavy (non-hydrogen) atoms. The van der Waals surface area contributed by atoms with E-state index in [2.05, 4.69) is 4.74 Å². The van der Waals surface area contributed by atoms with Crippen molar-refractivity contribution in [3.63, 3.8) is 0 Å². The largest absolute Gasteiger partial charge is 0.464 e. The van der Waals surface area contributed by atoms with Crippen molar-refractivity contribution in [1.82, 2.24) is 4.90 Å². The van der Waals surface area contributed by atoms with E-state index in [4.69, 9.17) is 0 Å². The van der Waals surface area contributed by atoms with Crippen molar-refractivity contribution in [1.29, 1.82) is 0 Å². The third-order valence-electron chi connectivity index (χ3n) is 1.84. The van der Waals surface area contributed by atoms with Gasteiger partial charge in [-0.05, 0) is 6.92 Å². The van der Waals surface area contributed by atoms with Crippen LogP contribution < -0.4 is 0 Å². The summed E-state index contributed by atoms with van der Waals surface area (Å²) in [5, 5.41) is 0. The number of hydrogen-bond acceptors (Lipinski definition) is 2. The topological polar surface area (TPSA) is 12.5 Å². The molecule has 0 aliphatic rings. The van der Waals surface area contributed by atoms with Crippen molar-refractivity contribution in [2.75, 3.05) is 13.7 Å². The Bertz CT molecular complexity index is 349. The Balaban J connectivity index is 5.54. The molecule has 0 aromatic carbocycles. The van der Waals surface area contributed by atoms with E-state index < -0.39 is 41.6 Å². The summed E-state index contributed by atoms with van der Waals surface area (Å²) in [7, 11) is -0.328. The standard InChI is InChI=1S/C8H8F9NO/c1-3-19-7(13,14)5(10)4(9)6(11,12)18(2)8(15,16)17/h3H2,1-2H3/b5-4+. The highest BCUT2D eigenvalue weighted by Crippen LogP contribution is 2.41. The van der Waals surface area contributed by atoms with Crippen LogP contribution in [0.1, 0.15) is 6.92 Å². The van der Waals surface area contributed by atoms with E-state index >= 15 is 0 Å². The molecular formula is C8H8F9NO. The third-order valence-corrected chi connectivity index (χ3v) is 1.84. The van der Waals surface area contributed by atoms with E-state index in [1.807, 2.05) is 0 Å². The molecule has 0 radical (unpaired) electrons. The molecule has 0 saturated carbocycles. The second-order valence-electron chi connectivity index (χ2n) is 3.15. The maximum atomic E-state index is 12.9. The fourth-order valence-corrected chi connectivity index (χ4v) is 0.811. The Hall–Kier alpha value is -0.970. The molecule has 2 nitrogen and oxygen atoms in total. The summed E-state index contributed by atoms with van der Waals surface area (Å²) in [6.45, 7) is 0.0352. The highest BCUT2D eigenvalue weighted by atomic mass is 19.4. The summed E-state index contributed by atoms with van der Waals surface area (Å²) in [4.78, 5) is -1.85. The summed E-state index contributed by atoms with van der Waals surface area (Å²) in [5.74, 6) is -7.00. The monoisotopic (exact) mass is 305 g/mol. The molecule has 0 fully saturated rings. The fourth-order valence-electron chi connectivity index (χ4n) is 0.811. The van der Waals surface area contributed by atoms with E-state index in [0.29, 0.717) is 0 Å². The molecule has 0 heterocycles. The van der Waals surface area contributed by atoms with Crippen molar-refractivity contribution in [2.24, 2.45) is 0 Å². The van der Waals surface area contributed by atoms with Gasteiger partial charge in [0.25, 0.3) is 0 Å². The van der Waals surface area contributed by atoms with Gasteiger partial charge in [0, 0.05) is 7.05 Å². The second-order valence-corrected chi connectivity index (χ2v) is 3.15. The van der Waals surface area contributed by atoms with Crippen LogP contribution in [0.25, 0.3) is 0 Å². The quantitative estimate of drug-likeness (QED) is 0.566. The van der Waals surface area contributed by atoms with Crippen LogP contribution in [0.2, 0.25) is 0 Å². The minimum absolute atomic E-state index is 0.328. The van der Waals surface area contributed by atoms with Crippen LogP contribution in [0, 0.1) is 0 Å². The van der Waals surface area contributed by atoms with Gasteiger partial charge in [-0.3, -0.25) is 0 Å². The predicted molar refractivity (Wildman–Crippen MR) is 44.6 cm³/mol. The molecule has 0 aliphatic carbocycles. The molecule has 0 saturated heterocycles. The molecule has 11 heteroatoms. The van der Waals surface area contributed by atoms with Crippen molar-refractivity contribution in [3.8, 4) is 0 Å². The molecule has 0 N–H and O–H groups in total. The average Bonchev–Trinajstić information content (AvgIpc) is 2.24. The van der Waals surface area contributed by atoms with Gasteiger partial charge >= 0.3 is 18.5 Å². The average molecular weight is 305 g/mol. The Kier molecular flexibility index (Phi) is 5.29. The minimum atomic E-state index is -5.76. The molecule has 0 aliphatic heterocycles. The van der Waals surface area contributed by atoms with Crippen molar-refractivity contribution < 1.29 is 44.3 Å². The summed E-state index contributed by atoms with van der Waals surface area (Å²) < 4.78 is 116. The van der Waals surface area contributed by atoms with Crippen molar-refractivity contribution >= 4 is 0 Å². The highest BCUT2D eigenvalue weighted by Gasteiger charge is 2.57. The number of rotatable bonds is 5. The van der Waals surface area contributed by atoms with Gasteiger partial charge in [0.1, 0.15) is 0 Å². The van der Waals surface area contributed by atoms with Crippen LogP contribution >= 0.6 is 0 Å². The summed E-state index contributed by atoms with van der Waals surface area (Å²) in [5.41, 5.74) is 0. The van der Waals surface area contributed by atoms with Crippen LogP contribution in [-0.4, -0.2) is 37.0 Å². The molecule has 0 aromatic heterocycles. The minimum Gasteiger partial charge on any atom is -0.315 e. The van der Waals surface area contributed by atoms with Crippen molar-refractivity contribution in [3.05, 3.63) is 11.7 Å². The maximum Gasteiger partial charge on any atom is 0.464 e. The molecule has 0 amide bonds. The lowest BCUT2D eigenvalue weighted by Gasteiger charge is -2.28. The van der Waals surface area contributed by atoms with Gasteiger partial charge in [-0.2, -0.15) is 35.1 Å². The van der Waals surface area contributed by atoms with Gasteiger partial charge in [0.15, 0.2) is 0 Å². The molecule has 0 aromatic rings. The van der Waals surface area contributed by atoms with E-state index in [9.17, 15) is 39.5 Å². The third kappa shape index (κ3) is 4.00. The maximum absolute atomic E-state index is 12.9. The van der Waals surface area contributed by atoms with Gasteiger partial charge in [0.2, 0.25) is 11.7 Å². The Morgan fingerprint density at radius 1 is 0.947 bits per heavy atom. The van der Waals surface area contributed by atoms with E-state index in [-0.39, 0.29) is 7.05 Å². The normalized spacial score (nSPS) is 15.8. The Morgan fingerprint density at radius 2 is 1.37 bits per heavy atom. The molecule has 114 valence electrons. The lowest BCUT2D eigenvalue weighted by atomic mass is 10.3. The Morgan fingerprint density at radius 3 is 1.68 bits per heavy atom. The van der Waals surface area contributed by atoms with Gasteiger partial charge < -0.3 is 4.74 Å². The first-order valence-electron chi connectivity index (χ1n) is 4.55. The number of hydrogen-bond donors (Lipinski definition) is 0. The first-order chi connectivity index (χ1) is 8.28. The number of halogens is 9. The molecule has 0 spiro atoms.